The van der Waals surface area contributed by atoms with Crippen molar-refractivity contribution in [2.75, 3.05) is 13.1 Å². The van der Waals surface area contributed by atoms with Crippen LogP contribution >= 0.6 is 0 Å². The molecular formula is C23H24N2O. The van der Waals surface area contributed by atoms with E-state index in [-0.39, 0.29) is 6.17 Å². The van der Waals surface area contributed by atoms with E-state index in [1.165, 1.54) is 11.1 Å². The predicted molar refractivity (Wildman–Crippen MR) is 105 cm³/mol. The van der Waals surface area contributed by atoms with Crippen LogP contribution in [0.3, 0.4) is 0 Å². The monoisotopic (exact) mass is 344 g/mol. The molecule has 3 aromatic carbocycles. The summed E-state index contributed by atoms with van der Waals surface area (Å²) in [7, 11) is 0. The summed E-state index contributed by atoms with van der Waals surface area (Å²) < 4.78 is 0. The minimum absolute atomic E-state index is 0.169. The third kappa shape index (κ3) is 3.79. The normalized spacial score (nSPS) is 16.2. The molecule has 4 rings (SSSR count). The van der Waals surface area contributed by atoms with Gasteiger partial charge in [-0.05, 0) is 28.8 Å². The summed E-state index contributed by atoms with van der Waals surface area (Å²) in [5, 5.41) is 9.99. The smallest absolute Gasteiger partial charge is 0.115 e. The van der Waals surface area contributed by atoms with Gasteiger partial charge in [0.25, 0.3) is 0 Å². The average Bonchev–Trinajstić information content (AvgIpc) is 3.05. The van der Waals surface area contributed by atoms with Crippen molar-refractivity contribution in [2.24, 2.45) is 0 Å². The fourth-order valence-electron chi connectivity index (χ4n) is 3.81. The number of phenols is 1. The Bertz CT molecular complexity index is 786. The molecule has 0 spiro atoms. The van der Waals surface area contributed by atoms with Gasteiger partial charge in [-0.3, -0.25) is 9.80 Å². The second-order valence-electron chi connectivity index (χ2n) is 6.88. The molecule has 26 heavy (non-hydrogen) atoms. The molecule has 1 aliphatic heterocycles. The zero-order valence-corrected chi connectivity index (χ0v) is 14.8. The molecule has 0 unspecified atom stereocenters. The van der Waals surface area contributed by atoms with E-state index in [4.69, 9.17) is 0 Å². The van der Waals surface area contributed by atoms with Crippen LogP contribution in [0, 0.1) is 0 Å². The quantitative estimate of drug-likeness (QED) is 0.743. The third-order valence-corrected chi connectivity index (χ3v) is 4.99. The molecule has 3 heteroatoms. The predicted octanol–water partition coefficient (Wildman–Crippen LogP) is 4.41. The maximum atomic E-state index is 9.99. The van der Waals surface area contributed by atoms with E-state index >= 15 is 0 Å². The molecule has 3 aromatic rings. The number of hydrogen-bond acceptors (Lipinski definition) is 3. The molecule has 3 nitrogen and oxygen atoms in total. The molecule has 1 saturated heterocycles. The van der Waals surface area contributed by atoms with Crippen LogP contribution in [0.25, 0.3) is 0 Å². The van der Waals surface area contributed by atoms with Crippen LogP contribution in [0.15, 0.2) is 84.9 Å². The Morgan fingerprint density at radius 2 is 1.23 bits per heavy atom. The van der Waals surface area contributed by atoms with Crippen LogP contribution in [0.1, 0.15) is 22.9 Å². The van der Waals surface area contributed by atoms with E-state index in [1.54, 1.807) is 6.07 Å². The Morgan fingerprint density at radius 1 is 0.692 bits per heavy atom. The van der Waals surface area contributed by atoms with Gasteiger partial charge >= 0.3 is 0 Å². The Hall–Kier alpha value is -2.62. The van der Waals surface area contributed by atoms with Gasteiger partial charge in [0, 0.05) is 26.2 Å². The molecule has 0 saturated carbocycles. The van der Waals surface area contributed by atoms with Gasteiger partial charge in [0.15, 0.2) is 0 Å². The van der Waals surface area contributed by atoms with Crippen molar-refractivity contribution < 1.29 is 5.11 Å². The zero-order valence-electron chi connectivity index (χ0n) is 14.8. The van der Waals surface area contributed by atoms with Crippen molar-refractivity contribution >= 4 is 0 Å². The van der Waals surface area contributed by atoms with Crippen LogP contribution < -0.4 is 0 Å². The summed E-state index contributed by atoms with van der Waals surface area (Å²) in [6.45, 7) is 3.85. The van der Waals surface area contributed by atoms with Crippen molar-refractivity contribution in [1.82, 2.24) is 9.80 Å². The molecule has 1 fully saturated rings. The second kappa shape index (κ2) is 7.73. The van der Waals surface area contributed by atoms with Crippen LogP contribution in [-0.4, -0.2) is 28.0 Å². The molecular weight excluding hydrogens is 320 g/mol. The maximum Gasteiger partial charge on any atom is 0.115 e. The van der Waals surface area contributed by atoms with Crippen molar-refractivity contribution in [3.63, 3.8) is 0 Å². The maximum absolute atomic E-state index is 9.99. The lowest BCUT2D eigenvalue weighted by atomic mass is 10.1. The molecule has 0 atom stereocenters. The number of aromatic hydroxyl groups is 1. The van der Waals surface area contributed by atoms with Crippen LogP contribution in [0.5, 0.6) is 5.75 Å². The summed E-state index contributed by atoms with van der Waals surface area (Å²) >= 11 is 0. The van der Waals surface area contributed by atoms with Gasteiger partial charge in [-0.25, -0.2) is 0 Å². The standard InChI is InChI=1S/C23H24N2O/c26-22-13-7-12-21(16-22)23-24(17-19-8-3-1-4-9-19)14-15-25(23)18-20-10-5-2-6-11-20/h1-13,16,23,26H,14-15,17-18H2. The number of hydrogen-bond donors (Lipinski definition) is 1. The topological polar surface area (TPSA) is 26.7 Å². The highest BCUT2D eigenvalue weighted by Crippen LogP contribution is 2.34. The van der Waals surface area contributed by atoms with Crippen molar-refractivity contribution in [1.29, 1.82) is 0 Å². The summed E-state index contributed by atoms with van der Waals surface area (Å²) in [6, 6.07) is 28.9. The lowest BCUT2D eigenvalue weighted by Gasteiger charge is -2.31. The molecule has 1 N–H and O–H groups in total. The van der Waals surface area contributed by atoms with Gasteiger partial charge < -0.3 is 5.11 Å². The SMILES string of the molecule is Oc1cccc(C2N(Cc3ccccc3)CCN2Cc2ccccc2)c1. The average molecular weight is 344 g/mol. The molecule has 0 amide bonds. The Labute approximate surface area is 155 Å². The Morgan fingerprint density at radius 3 is 1.73 bits per heavy atom. The summed E-state index contributed by atoms with van der Waals surface area (Å²) in [5.41, 5.74) is 3.78. The molecule has 1 aliphatic rings. The lowest BCUT2D eigenvalue weighted by Crippen LogP contribution is -2.30. The Kier molecular flexibility index (Phi) is 5.00. The first-order valence-corrected chi connectivity index (χ1v) is 9.14. The van der Waals surface area contributed by atoms with Gasteiger partial charge in [-0.1, -0.05) is 72.8 Å². The number of phenolic OH excluding ortho intramolecular Hbond substituents is 1. The minimum Gasteiger partial charge on any atom is -0.508 e. The zero-order chi connectivity index (χ0) is 17.8. The molecule has 1 heterocycles. The molecule has 0 bridgehead atoms. The first kappa shape index (κ1) is 16.8. The third-order valence-electron chi connectivity index (χ3n) is 4.99. The number of nitrogens with zero attached hydrogens (tertiary/aromatic N) is 2. The van der Waals surface area contributed by atoms with E-state index in [1.807, 2.05) is 12.1 Å². The van der Waals surface area contributed by atoms with Crippen LogP contribution in [0.2, 0.25) is 0 Å². The number of rotatable bonds is 5. The lowest BCUT2D eigenvalue weighted by molar-refractivity contribution is 0.125. The van der Waals surface area contributed by atoms with E-state index in [0.29, 0.717) is 5.75 Å². The molecule has 0 radical (unpaired) electrons. The Balaban J connectivity index is 1.61. The molecule has 0 aliphatic carbocycles. The van der Waals surface area contributed by atoms with Crippen LogP contribution in [-0.2, 0) is 13.1 Å². The number of benzene rings is 3. The van der Waals surface area contributed by atoms with Crippen molar-refractivity contribution in [3.05, 3.63) is 102 Å². The van der Waals surface area contributed by atoms with E-state index in [0.717, 1.165) is 31.7 Å². The first-order valence-electron chi connectivity index (χ1n) is 9.14. The van der Waals surface area contributed by atoms with Crippen molar-refractivity contribution in [2.45, 2.75) is 19.3 Å². The molecule has 132 valence electrons. The molecule has 0 aromatic heterocycles. The van der Waals surface area contributed by atoms with Gasteiger partial charge in [0.1, 0.15) is 5.75 Å². The first-order chi connectivity index (χ1) is 12.8. The summed E-state index contributed by atoms with van der Waals surface area (Å²) in [6.07, 6.45) is 0.169. The largest absolute Gasteiger partial charge is 0.508 e. The highest BCUT2D eigenvalue weighted by molar-refractivity contribution is 5.30. The second-order valence-corrected chi connectivity index (χ2v) is 6.88. The minimum atomic E-state index is 0.169. The van der Waals surface area contributed by atoms with Gasteiger partial charge in [-0.2, -0.15) is 0 Å². The van der Waals surface area contributed by atoms with Crippen LogP contribution in [0.4, 0.5) is 0 Å². The summed E-state index contributed by atoms with van der Waals surface area (Å²) in [4.78, 5) is 4.99. The summed E-state index contributed by atoms with van der Waals surface area (Å²) in [5.74, 6) is 0.328. The fraction of sp³-hybridized carbons (Fsp3) is 0.217. The van der Waals surface area contributed by atoms with E-state index in [2.05, 4.69) is 76.5 Å². The highest BCUT2D eigenvalue weighted by Gasteiger charge is 2.33. The van der Waals surface area contributed by atoms with Crippen molar-refractivity contribution in [3.8, 4) is 5.75 Å². The highest BCUT2D eigenvalue weighted by atomic mass is 16.3. The van der Waals surface area contributed by atoms with Gasteiger partial charge in [0.05, 0.1) is 6.17 Å². The fourth-order valence-corrected chi connectivity index (χ4v) is 3.81. The van der Waals surface area contributed by atoms with Gasteiger partial charge in [0.2, 0.25) is 0 Å². The van der Waals surface area contributed by atoms with E-state index in [9.17, 15) is 5.11 Å². The van der Waals surface area contributed by atoms with E-state index < -0.39 is 0 Å². The van der Waals surface area contributed by atoms with Gasteiger partial charge in [-0.15, -0.1) is 0 Å².